The van der Waals surface area contributed by atoms with E-state index in [1.807, 2.05) is 0 Å². The van der Waals surface area contributed by atoms with Gasteiger partial charge in [0.1, 0.15) is 5.75 Å². The summed E-state index contributed by atoms with van der Waals surface area (Å²) in [7, 11) is 0. The number of halogens is 4. The fourth-order valence-electron chi connectivity index (χ4n) is 2.28. The topological polar surface area (TPSA) is 9.23 Å². The molecule has 0 atom stereocenters. The van der Waals surface area contributed by atoms with Crippen LogP contribution in [-0.4, -0.2) is 6.36 Å². The smallest absolute Gasteiger partial charge is 0.404 e. The van der Waals surface area contributed by atoms with Crippen LogP contribution in [0.25, 0.3) is 0 Å². The SMILES string of the molecule is CCCC1=CCc2cc(OC(F)(F)F)c(Cl)cc2C1. The van der Waals surface area contributed by atoms with Gasteiger partial charge in [-0.25, -0.2) is 0 Å². The summed E-state index contributed by atoms with van der Waals surface area (Å²) < 4.78 is 40.6. The van der Waals surface area contributed by atoms with E-state index in [-0.39, 0.29) is 10.8 Å². The van der Waals surface area contributed by atoms with Crippen molar-refractivity contribution in [3.05, 3.63) is 39.9 Å². The number of fused-ring (bicyclic) bond motifs is 1. The zero-order valence-electron chi connectivity index (χ0n) is 10.5. The standard InChI is InChI=1S/C14H14ClF3O/c1-2-3-9-4-5-10-8-13(19-14(16,17)18)12(15)7-11(10)6-9/h4,7-8H,2-3,5-6H2,1H3. The molecular weight excluding hydrogens is 277 g/mol. The fourth-order valence-corrected chi connectivity index (χ4v) is 2.50. The lowest BCUT2D eigenvalue weighted by atomic mass is 9.89. The molecule has 0 spiro atoms. The van der Waals surface area contributed by atoms with E-state index in [1.165, 1.54) is 11.6 Å². The van der Waals surface area contributed by atoms with Gasteiger partial charge in [-0.3, -0.25) is 0 Å². The van der Waals surface area contributed by atoms with Gasteiger partial charge in [0.15, 0.2) is 0 Å². The highest BCUT2D eigenvalue weighted by molar-refractivity contribution is 6.32. The molecule has 0 fully saturated rings. The molecule has 19 heavy (non-hydrogen) atoms. The summed E-state index contributed by atoms with van der Waals surface area (Å²) in [5.74, 6) is -0.319. The first-order chi connectivity index (χ1) is 8.89. The molecule has 1 aromatic rings. The number of hydrogen-bond acceptors (Lipinski definition) is 1. The number of rotatable bonds is 3. The molecule has 0 bridgehead atoms. The molecular formula is C14H14ClF3O. The van der Waals surface area contributed by atoms with Crippen LogP contribution in [0.1, 0.15) is 30.9 Å². The molecule has 1 aliphatic carbocycles. The van der Waals surface area contributed by atoms with Crippen molar-refractivity contribution in [1.82, 2.24) is 0 Å². The minimum atomic E-state index is -4.71. The summed E-state index contributed by atoms with van der Waals surface area (Å²) in [5, 5.41) is 0.00817. The lowest BCUT2D eigenvalue weighted by molar-refractivity contribution is -0.274. The van der Waals surface area contributed by atoms with Crippen LogP contribution in [-0.2, 0) is 12.8 Å². The van der Waals surface area contributed by atoms with E-state index in [4.69, 9.17) is 11.6 Å². The molecule has 2 rings (SSSR count). The van der Waals surface area contributed by atoms with Crippen LogP contribution >= 0.6 is 11.6 Å². The average Bonchev–Trinajstić information content (AvgIpc) is 2.29. The molecule has 0 aromatic heterocycles. The Morgan fingerprint density at radius 1 is 1.26 bits per heavy atom. The molecule has 0 unspecified atom stereocenters. The zero-order valence-corrected chi connectivity index (χ0v) is 11.2. The largest absolute Gasteiger partial charge is 0.573 e. The van der Waals surface area contributed by atoms with Gasteiger partial charge in [-0.05, 0) is 42.5 Å². The fraction of sp³-hybridized carbons (Fsp3) is 0.429. The second kappa shape index (κ2) is 5.45. The van der Waals surface area contributed by atoms with Crippen LogP contribution in [0.3, 0.4) is 0 Å². The maximum atomic E-state index is 12.2. The van der Waals surface area contributed by atoms with E-state index >= 15 is 0 Å². The molecule has 0 amide bonds. The van der Waals surface area contributed by atoms with Crippen molar-refractivity contribution in [1.29, 1.82) is 0 Å². The minimum absolute atomic E-state index is 0.00817. The van der Waals surface area contributed by atoms with Gasteiger partial charge < -0.3 is 4.74 Å². The first kappa shape index (κ1) is 14.3. The number of ether oxygens (including phenoxy) is 1. The Kier molecular flexibility index (Phi) is 4.09. The van der Waals surface area contributed by atoms with Crippen LogP contribution in [0.2, 0.25) is 5.02 Å². The van der Waals surface area contributed by atoms with Crippen molar-refractivity contribution in [2.75, 3.05) is 0 Å². The van der Waals surface area contributed by atoms with Gasteiger partial charge >= 0.3 is 6.36 Å². The van der Waals surface area contributed by atoms with Crippen LogP contribution in [0, 0.1) is 0 Å². The van der Waals surface area contributed by atoms with Crippen LogP contribution in [0.4, 0.5) is 13.2 Å². The Morgan fingerprint density at radius 3 is 2.63 bits per heavy atom. The maximum absolute atomic E-state index is 12.2. The predicted octanol–water partition coefficient (Wildman–Crippen LogP) is 5.06. The van der Waals surface area contributed by atoms with Crippen molar-refractivity contribution in [2.24, 2.45) is 0 Å². The number of allylic oxidation sites excluding steroid dienone is 2. The van der Waals surface area contributed by atoms with Crippen molar-refractivity contribution >= 4 is 11.6 Å². The summed E-state index contributed by atoms with van der Waals surface area (Å²) in [6.07, 6.45) is 0.833. The third-order valence-electron chi connectivity index (χ3n) is 3.08. The van der Waals surface area contributed by atoms with Crippen molar-refractivity contribution < 1.29 is 17.9 Å². The number of alkyl halides is 3. The van der Waals surface area contributed by atoms with E-state index < -0.39 is 6.36 Å². The summed E-state index contributed by atoms with van der Waals surface area (Å²) in [6, 6.07) is 2.98. The molecule has 0 aliphatic heterocycles. The highest BCUT2D eigenvalue weighted by atomic mass is 35.5. The molecule has 0 heterocycles. The van der Waals surface area contributed by atoms with Gasteiger partial charge in [0.25, 0.3) is 0 Å². The maximum Gasteiger partial charge on any atom is 0.573 e. The molecule has 0 N–H and O–H groups in total. The highest BCUT2D eigenvalue weighted by Crippen LogP contribution is 2.35. The summed E-state index contributed by atoms with van der Waals surface area (Å²) in [5.41, 5.74) is 3.16. The second-order valence-corrected chi connectivity index (χ2v) is 5.00. The molecule has 1 nitrogen and oxygen atoms in total. The van der Waals surface area contributed by atoms with E-state index in [9.17, 15) is 13.2 Å². The molecule has 0 radical (unpaired) electrons. The quantitative estimate of drug-likeness (QED) is 0.707. The van der Waals surface area contributed by atoms with E-state index in [0.29, 0.717) is 6.42 Å². The Bertz CT molecular complexity index is 506. The molecule has 1 aromatic carbocycles. The lowest BCUT2D eigenvalue weighted by Gasteiger charge is -2.19. The van der Waals surface area contributed by atoms with Gasteiger partial charge in [0, 0.05) is 0 Å². The van der Waals surface area contributed by atoms with Gasteiger partial charge in [-0.2, -0.15) is 0 Å². The van der Waals surface area contributed by atoms with Crippen molar-refractivity contribution in [3.8, 4) is 5.75 Å². The molecule has 0 saturated carbocycles. The molecule has 1 aliphatic rings. The third kappa shape index (κ3) is 3.66. The van der Waals surface area contributed by atoms with Gasteiger partial charge in [0.05, 0.1) is 5.02 Å². The Morgan fingerprint density at radius 2 is 2.00 bits per heavy atom. The van der Waals surface area contributed by atoms with Crippen LogP contribution in [0.15, 0.2) is 23.8 Å². The molecule has 104 valence electrons. The highest BCUT2D eigenvalue weighted by Gasteiger charge is 2.32. The van der Waals surface area contributed by atoms with Gasteiger partial charge in [-0.1, -0.05) is 36.6 Å². The van der Waals surface area contributed by atoms with E-state index in [1.54, 1.807) is 6.07 Å². The summed E-state index contributed by atoms with van der Waals surface area (Å²) in [4.78, 5) is 0. The average molecular weight is 291 g/mol. The number of benzene rings is 1. The second-order valence-electron chi connectivity index (χ2n) is 4.59. The predicted molar refractivity (Wildman–Crippen MR) is 68.5 cm³/mol. The van der Waals surface area contributed by atoms with Gasteiger partial charge in [0.2, 0.25) is 0 Å². The first-order valence-electron chi connectivity index (χ1n) is 6.14. The Hall–Kier alpha value is -1.16. The minimum Gasteiger partial charge on any atom is -0.404 e. The van der Waals surface area contributed by atoms with Crippen molar-refractivity contribution in [3.63, 3.8) is 0 Å². The Labute approximate surface area is 115 Å². The lowest BCUT2D eigenvalue weighted by Crippen LogP contribution is -2.18. The zero-order chi connectivity index (χ0) is 14.0. The Balaban J connectivity index is 2.24. The molecule has 5 heteroatoms. The van der Waals surface area contributed by atoms with E-state index in [2.05, 4.69) is 17.7 Å². The number of hydrogen-bond donors (Lipinski definition) is 0. The monoisotopic (exact) mass is 290 g/mol. The van der Waals surface area contributed by atoms with Gasteiger partial charge in [-0.15, -0.1) is 13.2 Å². The summed E-state index contributed by atoms with van der Waals surface area (Å²) >= 11 is 5.85. The van der Waals surface area contributed by atoms with E-state index in [0.717, 1.165) is 30.4 Å². The molecule has 0 saturated heterocycles. The van der Waals surface area contributed by atoms with Crippen LogP contribution in [0.5, 0.6) is 5.75 Å². The third-order valence-corrected chi connectivity index (χ3v) is 3.37. The van der Waals surface area contributed by atoms with Crippen molar-refractivity contribution in [2.45, 2.75) is 39.0 Å². The first-order valence-corrected chi connectivity index (χ1v) is 6.52. The summed E-state index contributed by atoms with van der Waals surface area (Å²) in [6.45, 7) is 2.10. The normalized spacial score (nSPS) is 14.9. The van der Waals surface area contributed by atoms with Crippen LogP contribution < -0.4 is 4.74 Å².